The number of halogens is 1. The Hall–Kier alpha value is -0.740. The van der Waals surface area contributed by atoms with E-state index in [0.29, 0.717) is 5.92 Å². The minimum absolute atomic E-state index is 0.564. The molecule has 3 N–H and O–H groups in total. The topological polar surface area (TPSA) is 47.3 Å². The molecule has 0 aliphatic carbocycles. The summed E-state index contributed by atoms with van der Waals surface area (Å²) < 4.78 is 6.13. The van der Waals surface area contributed by atoms with Crippen LogP contribution in [0.2, 0.25) is 0 Å². The Morgan fingerprint density at radius 1 is 1.50 bits per heavy atom. The van der Waals surface area contributed by atoms with E-state index in [-0.39, 0.29) is 0 Å². The molecule has 1 atom stereocenters. The van der Waals surface area contributed by atoms with Gasteiger partial charge in [0.2, 0.25) is 0 Å². The number of benzene rings is 1. The Kier molecular flexibility index (Phi) is 5.63. The second-order valence-electron chi connectivity index (χ2n) is 3.91. The third kappa shape index (κ3) is 4.02. The fourth-order valence-corrected chi connectivity index (χ4v) is 1.90. The van der Waals surface area contributed by atoms with Crippen molar-refractivity contribution in [3.8, 4) is 5.75 Å². The molecule has 0 aliphatic heterocycles. The van der Waals surface area contributed by atoms with E-state index in [9.17, 15) is 0 Å². The molecule has 0 heterocycles. The maximum Gasteiger partial charge on any atom is 0.133 e. The zero-order valence-electron chi connectivity index (χ0n) is 9.79. The summed E-state index contributed by atoms with van der Waals surface area (Å²) in [5.74, 6) is 1.41. The molecule has 1 rings (SSSR count). The largest absolute Gasteiger partial charge is 0.496 e. The number of methoxy groups -OCH3 is 1. The predicted octanol–water partition coefficient (Wildman–Crippen LogP) is 2.85. The van der Waals surface area contributed by atoms with E-state index in [1.165, 1.54) is 0 Å². The lowest BCUT2D eigenvalue weighted by atomic mass is 10.1. The van der Waals surface area contributed by atoms with Gasteiger partial charge in [0.25, 0.3) is 0 Å². The highest BCUT2D eigenvalue weighted by Gasteiger charge is 2.02. The molecule has 0 radical (unpaired) electrons. The molecule has 16 heavy (non-hydrogen) atoms. The van der Waals surface area contributed by atoms with Gasteiger partial charge in [-0.15, -0.1) is 0 Å². The zero-order valence-corrected chi connectivity index (χ0v) is 11.4. The summed E-state index contributed by atoms with van der Waals surface area (Å²) >= 11 is 3.46. The van der Waals surface area contributed by atoms with E-state index in [4.69, 9.17) is 10.5 Å². The Morgan fingerprint density at radius 3 is 2.81 bits per heavy atom. The monoisotopic (exact) mass is 286 g/mol. The van der Waals surface area contributed by atoms with Crippen molar-refractivity contribution in [2.45, 2.75) is 13.3 Å². The van der Waals surface area contributed by atoms with Crippen LogP contribution in [0.1, 0.15) is 13.3 Å². The molecule has 1 aromatic carbocycles. The molecule has 0 aromatic heterocycles. The van der Waals surface area contributed by atoms with Crippen LogP contribution in [0, 0.1) is 5.92 Å². The molecule has 1 aromatic rings. The Labute approximate surface area is 105 Å². The first-order valence-corrected chi connectivity index (χ1v) is 6.24. The maximum absolute atomic E-state index is 5.56. The van der Waals surface area contributed by atoms with Crippen molar-refractivity contribution < 1.29 is 4.74 Å². The van der Waals surface area contributed by atoms with E-state index in [1.807, 2.05) is 18.2 Å². The van der Waals surface area contributed by atoms with Crippen molar-refractivity contribution >= 4 is 21.6 Å². The van der Waals surface area contributed by atoms with Crippen molar-refractivity contribution in [1.82, 2.24) is 0 Å². The first-order valence-electron chi connectivity index (χ1n) is 5.45. The van der Waals surface area contributed by atoms with Gasteiger partial charge in [0.05, 0.1) is 11.6 Å². The molecule has 0 spiro atoms. The quantitative estimate of drug-likeness (QED) is 0.845. The van der Waals surface area contributed by atoms with Gasteiger partial charge in [-0.1, -0.05) is 6.92 Å². The Bertz CT molecular complexity index is 331. The van der Waals surface area contributed by atoms with Gasteiger partial charge >= 0.3 is 0 Å². The summed E-state index contributed by atoms with van der Waals surface area (Å²) in [7, 11) is 1.66. The lowest BCUT2D eigenvalue weighted by molar-refractivity contribution is 0.412. The van der Waals surface area contributed by atoms with Crippen LogP contribution in [0.4, 0.5) is 5.69 Å². The number of hydrogen-bond donors (Lipinski definition) is 2. The zero-order chi connectivity index (χ0) is 12.0. The SMILES string of the molecule is COc1ccc(NCCC(C)CN)cc1Br. The van der Waals surface area contributed by atoms with Crippen molar-refractivity contribution in [3.63, 3.8) is 0 Å². The van der Waals surface area contributed by atoms with Crippen LogP contribution < -0.4 is 15.8 Å². The molecule has 0 aliphatic rings. The normalized spacial score (nSPS) is 12.2. The average molecular weight is 287 g/mol. The van der Waals surface area contributed by atoms with Crippen LogP contribution in [0.3, 0.4) is 0 Å². The van der Waals surface area contributed by atoms with Crippen molar-refractivity contribution in [3.05, 3.63) is 22.7 Å². The van der Waals surface area contributed by atoms with Gasteiger partial charge in [-0.05, 0) is 53.0 Å². The summed E-state index contributed by atoms with van der Waals surface area (Å²) in [6, 6.07) is 5.97. The Morgan fingerprint density at radius 2 is 2.25 bits per heavy atom. The van der Waals surface area contributed by atoms with E-state index in [2.05, 4.69) is 28.2 Å². The second-order valence-corrected chi connectivity index (χ2v) is 4.76. The molecule has 0 bridgehead atoms. The minimum Gasteiger partial charge on any atom is -0.496 e. The average Bonchev–Trinajstić information content (AvgIpc) is 2.29. The highest BCUT2D eigenvalue weighted by Crippen LogP contribution is 2.27. The van der Waals surface area contributed by atoms with Crippen molar-refractivity contribution in [2.75, 3.05) is 25.5 Å². The number of ether oxygens (including phenoxy) is 1. The summed E-state index contributed by atoms with van der Waals surface area (Å²) in [6.07, 6.45) is 1.08. The highest BCUT2D eigenvalue weighted by atomic mass is 79.9. The van der Waals surface area contributed by atoms with Crippen LogP contribution in [0.25, 0.3) is 0 Å². The number of nitrogens with one attached hydrogen (secondary N) is 1. The molecule has 0 saturated heterocycles. The number of rotatable bonds is 6. The number of anilines is 1. The van der Waals surface area contributed by atoms with E-state index in [0.717, 1.165) is 35.4 Å². The van der Waals surface area contributed by atoms with Gasteiger partial charge in [-0.25, -0.2) is 0 Å². The van der Waals surface area contributed by atoms with Gasteiger partial charge in [-0.3, -0.25) is 0 Å². The fraction of sp³-hybridized carbons (Fsp3) is 0.500. The van der Waals surface area contributed by atoms with E-state index >= 15 is 0 Å². The third-order valence-electron chi connectivity index (χ3n) is 2.52. The van der Waals surface area contributed by atoms with Crippen molar-refractivity contribution in [2.24, 2.45) is 11.7 Å². The van der Waals surface area contributed by atoms with Gasteiger partial charge in [0.1, 0.15) is 5.75 Å². The standard InChI is InChI=1S/C12H19BrN2O/c1-9(8-14)5-6-15-10-3-4-12(16-2)11(13)7-10/h3-4,7,9,15H,5-6,8,14H2,1-2H3. The molecule has 0 saturated carbocycles. The van der Waals surface area contributed by atoms with E-state index < -0.39 is 0 Å². The summed E-state index contributed by atoms with van der Waals surface area (Å²) in [5, 5.41) is 3.36. The van der Waals surface area contributed by atoms with Crippen LogP contribution in [0.15, 0.2) is 22.7 Å². The molecule has 0 fully saturated rings. The molecular formula is C12H19BrN2O. The molecular weight excluding hydrogens is 268 g/mol. The summed E-state index contributed by atoms with van der Waals surface area (Å²) in [4.78, 5) is 0. The van der Waals surface area contributed by atoms with E-state index in [1.54, 1.807) is 7.11 Å². The lowest BCUT2D eigenvalue weighted by Crippen LogP contribution is -2.14. The first kappa shape index (κ1) is 13.3. The second kappa shape index (κ2) is 6.76. The number of nitrogens with two attached hydrogens (primary N) is 1. The van der Waals surface area contributed by atoms with Crippen LogP contribution in [-0.2, 0) is 0 Å². The van der Waals surface area contributed by atoms with Gasteiger partial charge in [0.15, 0.2) is 0 Å². The number of hydrogen-bond acceptors (Lipinski definition) is 3. The molecule has 1 unspecified atom stereocenters. The highest BCUT2D eigenvalue weighted by molar-refractivity contribution is 9.10. The van der Waals surface area contributed by atoms with Crippen molar-refractivity contribution in [1.29, 1.82) is 0 Å². The smallest absolute Gasteiger partial charge is 0.133 e. The van der Waals surface area contributed by atoms with Crippen LogP contribution in [0.5, 0.6) is 5.75 Å². The fourth-order valence-electron chi connectivity index (χ4n) is 1.36. The first-order chi connectivity index (χ1) is 7.67. The third-order valence-corrected chi connectivity index (χ3v) is 3.14. The van der Waals surface area contributed by atoms with Gasteiger partial charge in [0, 0.05) is 12.2 Å². The summed E-state index contributed by atoms with van der Waals surface area (Å²) in [6.45, 7) is 3.84. The summed E-state index contributed by atoms with van der Waals surface area (Å²) in [5.41, 5.74) is 6.66. The maximum atomic E-state index is 5.56. The molecule has 3 nitrogen and oxygen atoms in total. The lowest BCUT2D eigenvalue weighted by Gasteiger charge is -2.11. The predicted molar refractivity (Wildman–Crippen MR) is 72.0 cm³/mol. The van der Waals surface area contributed by atoms with Gasteiger partial charge < -0.3 is 15.8 Å². The van der Waals surface area contributed by atoms with Gasteiger partial charge in [-0.2, -0.15) is 0 Å². The molecule has 90 valence electrons. The minimum atomic E-state index is 0.564. The molecule has 0 amide bonds. The van der Waals surface area contributed by atoms with Crippen LogP contribution in [-0.4, -0.2) is 20.2 Å². The van der Waals surface area contributed by atoms with Crippen LogP contribution >= 0.6 is 15.9 Å². The molecule has 4 heteroatoms. The Balaban J connectivity index is 2.46.